The maximum atomic E-state index is 11.8. The molecule has 0 saturated carbocycles. The zero-order chi connectivity index (χ0) is 17.5. The van der Waals surface area contributed by atoms with Gasteiger partial charge in [-0.05, 0) is 41.5 Å². The molecule has 124 valence electrons. The number of phenolic OH excluding ortho intramolecular Hbond substituents is 2. The van der Waals surface area contributed by atoms with E-state index in [4.69, 9.17) is 0 Å². The molecule has 1 amide bonds. The predicted octanol–water partition coefficient (Wildman–Crippen LogP) is 2.46. The van der Waals surface area contributed by atoms with Crippen LogP contribution in [-0.4, -0.2) is 21.2 Å². The highest BCUT2D eigenvalue weighted by Crippen LogP contribution is 2.25. The summed E-state index contributed by atoms with van der Waals surface area (Å²) >= 11 is 0. The molecule has 0 bridgehead atoms. The Hall–Kier alpha value is -3.55. The summed E-state index contributed by atoms with van der Waals surface area (Å²) in [5.41, 5.74) is 1.66. The van der Waals surface area contributed by atoms with Crippen LogP contribution in [0, 0.1) is 10.1 Å². The molecule has 0 aliphatic rings. The second-order valence-corrected chi connectivity index (χ2v) is 4.76. The molecular weight excluding hydrogens is 316 g/mol. The molecule has 0 radical (unpaired) electrons. The molecule has 8 heteroatoms. The molecule has 0 atom stereocenters. The number of anilines is 1. The van der Waals surface area contributed by atoms with Crippen molar-refractivity contribution in [3.05, 3.63) is 69.8 Å². The number of phenols is 2. The number of aromatic hydroxyl groups is 2. The number of carbonyl (C=O) groups is 1. The van der Waals surface area contributed by atoms with E-state index < -0.39 is 11.0 Å². The van der Waals surface area contributed by atoms with Crippen molar-refractivity contribution in [2.45, 2.75) is 6.61 Å². The highest BCUT2D eigenvalue weighted by molar-refractivity contribution is 6.01. The van der Waals surface area contributed by atoms with Crippen LogP contribution in [0.25, 0.3) is 6.08 Å². The van der Waals surface area contributed by atoms with Gasteiger partial charge in [0, 0.05) is 11.8 Å². The lowest BCUT2D eigenvalue weighted by Gasteiger charge is -2.04. The Labute approximate surface area is 136 Å². The van der Waals surface area contributed by atoms with Crippen LogP contribution in [-0.2, 0) is 16.2 Å². The van der Waals surface area contributed by atoms with Gasteiger partial charge in [-0.15, -0.1) is 10.1 Å². The molecule has 0 spiro atoms. The molecule has 2 rings (SSSR count). The standard InChI is InChI=1S/C16H14N2O6/c19-14-7-3-11(9-15(14)20)4-8-16(21)17-13-5-1-12(2-6-13)10-24-18(22)23/h1-9,19-20H,10H2,(H,17,21)/b8-4+. The van der Waals surface area contributed by atoms with Crippen LogP contribution in [0.1, 0.15) is 11.1 Å². The van der Waals surface area contributed by atoms with Crippen molar-refractivity contribution in [1.82, 2.24) is 0 Å². The van der Waals surface area contributed by atoms with Gasteiger partial charge in [0.15, 0.2) is 11.5 Å². The number of amides is 1. The molecule has 0 saturated heterocycles. The van der Waals surface area contributed by atoms with Crippen LogP contribution in [0.2, 0.25) is 0 Å². The summed E-state index contributed by atoms with van der Waals surface area (Å²) in [6.45, 7) is -0.161. The molecule has 0 aromatic heterocycles. The van der Waals surface area contributed by atoms with E-state index in [0.717, 1.165) is 0 Å². The van der Waals surface area contributed by atoms with Crippen molar-refractivity contribution in [2.75, 3.05) is 5.32 Å². The maximum absolute atomic E-state index is 11.8. The summed E-state index contributed by atoms with van der Waals surface area (Å²) in [4.78, 5) is 26.2. The smallest absolute Gasteiger partial charge is 0.294 e. The normalized spacial score (nSPS) is 10.5. The molecule has 3 N–H and O–H groups in total. The Morgan fingerprint density at radius 1 is 1.17 bits per heavy atom. The monoisotopic (exact) mass is 330 g/mol. The Kier molecular flexibility index (Phi) is 5.35. The third-order valence-corrected chi connectivity index (χ3v) is 2.98. The van der Waals surface area contributed by atoms with Gasteiger partial charge in [0.05, 0.1) is 0 Å². The summed E-state index contributed by atoms with van der Waals surface area (Å²) in [7, 11) is 0. The van der Waals surface area contributed by atoms with Crippen molar-refractivity contribution < 1.29 is 24.9 Å². The minimum atomic E-state index is -0.873. The zero-order valence-corrected chi connectivity index (χ0v) is 12.4. The molecule has 0 aliphatic heterocycles. The predicted molar refractivity (Wildman–Crippen MR) is 85.7 cm³/mol. The molecule has 8 nitrogen and oxygen atoms in total. The molecule has 2 aromatic carbocycles. The van der Waals surface area contributed by atoms with Crippen LogP contribution in [0.4, 0.5) is 5.69 Å². The van der Waals surface area contributed by atoms with Crippen LogP contribution in [0.5, 0.6) is 11.5 Å². The lowest BCUT2D eigenvalue weighted by Crippen LogP contribution is -2.07. The van der Waals surface area contributed by atoms with Crippen LogP contribution in [0.3, 0.4) is 0 Å². The molecule has 0 heterocycles. The van der Waals surface area contributed by atoms with Gasteiger partial charge in [0.1, 0.15) is 6.61 Å². The first-order chi connectivity index (χ1) is 11.4. The fourth-order valence-corrected chi connectivity index (χ4v) is 1.81. The summed E-state index contributed by atoms with van der Waals surface area (Å²) in [5.74, 6) is -0.903. The third kappa shape index (κ3) is 5.02. The Morgan fingerprint density at radius 2 is 1.88 bits per heavy atom. The zero-order valence-electron chi connectivity index (χ0n) is 12.4. The second kappa shape index (κ2) is 7.63. The van der Waals surface area contributed by atoms with E-state index in [2.05, 4.69) is 10.2 Å². The summed E-state index contributed by atoms with van der Waals surface area (Å²) < 4.78 is 0. The van der Waals surface area contributed by atoms with Crippen molar-refractivity contribution in [3.8, 4) is 11.5 Å². The van der Waals surface area contributed by atoms with Crippen molar-refractivity contribution in [3.63, 3.8) is 0 Å². The first kappa shape index (κ1) is 16.8. The number of nitrogens with one attached hydrogen (secondary N) is 1. The highest BCUT2D eigenvalue weighted by Gasteiger charge is 2.02. The van der Waals surface area contributed by atoms with Crippen molar-refractivity contribution in [1.29, 1.82) is 0 Å². The van der Waals surface area contributed by atoms with Crippen LogP contribution >= 0.6 is 0 Å². The maximum Gasteiger partial charge on any atom is 0.294 e. The Bertz CT molecular complexity index is 771. The van der Waals surface area contributed by atoms with E-state index >= 15 is 0 Å². The summed E-state index contributed by atoms with van der Waals surface area (Å²) in [6, 6.07) is 10.6. The number of hydrogen-bond acceptors (Lipinski definition) is 6. The summed E-state index contributed by atoms with van der Waals surface area (Å²) in [5, 5.41) is 30.4. The second-order valence-electron chi connectivity index (χ2n) is 4.76. The first-order valence-electron chi connectivity index (χ1n) is 6.81. The number of benzene rings is 2. The fraction of sp³-hybridized carbons (Fsp3) is 0.0625. The number of hydrogen-bond donors (Lipinski definition) is 3. The molecule has 24 heavy (non-hydrogen) atoms. The van der Waals surface area contributed by atoms with E-state index in [1.54, 1.807) is 30.3 Å². The number of rotatable bonds is 6. The van der Waals surface area contributed by atoms with Gasteiger partial charge in [0.25, 0.3) is 5.09 Å². The van der Waals surface area contributed by atoms with Gasteiger partial charge in [-0.1, -0.05) is 18.2 Å². The van der Waals surface area contributed by atoms with Gasteiger partial charge < -0.3 is 20.4 Å². The van der Waals surface area contributed by atoms with Gasteiger partial charge in [0.2, 0.25) is 5.91 Å². The Balaban J connectivity index is 1.92. The highest BCUT2D eigenvalue weighted by atomic mass is 16.9. The number of carbonyl (C=O) groups excluding carboxylic acids is 1. The minimum absolute atomic E-state index is 0.161. The van der Waals surface area contributed by atoms with Gasteiger partial charge in [-0.2, -0.15) is 0 Å². The third-order valence-electron chi connectivity index (χ3n) is 2.98. The SMILES string of the molecule is O=C(/C=C/c1ccc(O)c(O)c1)Nc1ccc(CO[N+](=O)[O-])cc1. The Morgan fingerprint density at radius 3 is 2.50 bits per heavy atom. The van der Waals surface area contributed by atoms with Gasteiger partial charge in [-0.3, -0.25) is 4.79 Å². The quantitative estimate of drug-likeness (QED) is 0.324. The average molecular weight is 330 g/mol. The lowest BCUT2D eigenvalue weighted by molar-refractivity contribution is -0.763. The van der Waals surface area contributed by atoms with E-state index in [-0.39, 0.29) is 18.1 Å². The molecule has 0 aliphatic carbocycles. The molecular formula is C16H14N2O6. The van der Waals surface area contributed by atoms with E-state index in [0.29, 0.717) is 16.8 Å². The molecule has 2 aromatic rings. The molecule has 0 fully saturated rings. The van der Waals surface area contributed by atoms with Gasteiger partial charge >= 0.3 is 0 Å². The topological polar surface area (TPSA) is 122 Å². The fourth-order valence-electron chi connectivity index (χ4n) is 1.81. The molecule has 0 unspecified atom stereocenters. The average Bonchev–Trinajstić information content (AvgIpc) is 2.55. The van der Waals surface area contributed by atoms with Crippen LogP contribution in [0.15, 0.2) is 48.5 Å². The lowest BCUT2D eigenvalue weighted by atomic mass is 10.2. The van der Waals surface area contributed by atoms with E-state index in [1.807, 2.05) is 0 Å². The largest absolute Gasteiger partial charge is 0.504 e. The number of nitrogens with zero attached hydrogens (tertiary/aromatic N) is 1. The van der Waals surface area contributed by atoms with E-state index in [1.165, 1.54) is 24.3 Å². The first-order valence-corrected chi connectivity index (χ1v) is 6.81. The minimum Gasteiger partial charge on any atom is -0.504 e. The van der Waals surface area contributed by atoms with Crippen molar-refractivity contribution in [2.24, 2.45) is 0 Å². The van der Waals surface area contributed by atoms with Crippen LogP contribution < -0.4 is 5.32 Å². The van der Waals surface area contributed by atoms with E-state index in [9.17, 15) is 25.1 Å². The van der Waals surface area contributed by atoms with Gasteiger partial charge in [-0.25, -0.2) is 0 Å². The summed E-state index contributed by atoms with van der Waals surface area (Å²) in [6.07, 6.45) is 2.75. The van der Waals surface area contributed by atoms with Crippen molar-refractivity contribution >= 4 is 17.7 Å².